The van der Waals surface area contributed by atoms with Crippen molar-refractivity contribution in [3.63, 3.8) is 0 Å². The van der Waals surface area contributed by atoms with E-state index in [1.165, 1.54) is 0 Å². The highest BCUT2D eigenvalue weighted by atomic mass is 15.1. The molecule has 0 bridgehead atoms. The van der Waals surface area contributed by atoms with Gasteiger partial charge in [0.1, 0.15) is 5.65 Å². The van der Waals surface area contributed by atoms with Crippen LogP contribution in [-0.2, 0) is 6.54 Å². The molecule has 0 radical (unpaired) electrons. The predicted octanol–water partition coefficient (Wildman–Crippen LogP) is 2.22. The Morgan fingerprint density at radius 3 is 3.20 bits per heavy atom. The zero-order chi connectivity index (χ0) is 13.4. The van der Waals surface area contributed by atoms with Gasteiger partial charge in [0.2, 0.25) is 0 Å². The zero-order valence-corrected chi connectivity index (χ0v) is 10.6. The topological polar surface area (TPSA) is 70.9 Å². The van der Waals surface area contributed by atoms with Crippen LogP contribution in [0.1, 0.15) is 5.69 Å². The van der Waals surface area contributed by atoms with E-state index in [0.717, 1.165) is 28.1 Å². The van der Waals surface area contributed by atoms with Crippen LogP contribution in [0.4, 0.5) is 5.69 Å². The Kier molecular flexibility index (Phi) is 2.38. The fraction of sp³-hybridized carbons (Fsp3) is 0.0714. The quantitative estimate of drug-likeness (QED) is 0.595. The van der Waals surface area contributed by atoms with E-state index in [-0.39, 0.29) is 0 Å². The molecule has 6 heteroatoms. The molecule has 0 aliphatic heterocycles. The summed E-state index contributed by atoms with van der Waals surface area (Å²) in [6.45, 7) is 0.707. The largest absolute Gasteiger partial charge is 0.378 e. The van der Waals surface area contributed by atoms with Crippen LogP contribution in [0.3, 0.4) is 0 Å². The number of fused-ring (bicyclic) bond motifs is 2. The molecular formula is C14H12N6. The van der Waals surface area contributed by atoms with E-state index >= 15 is 0 Å². The first-order valence-corrected chi connectivity index (χ1v) is 6.34. The van der Waals surface area contributed by atoms with E-state index in [1.807, 2.05) is 24.4 Å². The second-order valence-corrected chi connectivity index (χ2v) is 4.56. The van der Waals surface area contributed by atoms with E-state index < -0.39 is 0 Å². The number of aromatic amines is 1. The number of nitrogens with zero attached hydrogens (tertiary/aromatic N) is 4. The number of hydrogen-bond donors (Lipinski definition) is 2. The Morgan fingerprint density at radius 1 is 1.20 bits per heavy atom. The van der Waals surface area contributed by atoms with Gasteiger partial charge in [-0.1, -0.05) is 6.07 Å². The third kappa shape index (κ3) is 1.78. The molecule has 0 aromatic carbocycles. The van der Waals surface area contributed by atoms with Gasteiger partial charge in [0.25, 0.3) is 0 Å². The monoisotopic (exact) mass is 264 g/mol. The Balaban J connectivity index is 1.61. The number of anilines is 1. The Hall–Kier alpha value is -2.89. The second-order valence-electron chi connectivity index (χ2n) is 4.56. The molecule has 0 spiro atoms. The third-order valence-electron chi connectivity index (χ3n) is 3.28. The number of imidazole rings is 1. The summed E-state index contributed by atoms with van der Waals surface area (Å²) < 4.78 is 2.07. The van der Waals surface area contributed by atoms with Crippen molar-refractivity contribution in [2.24, 2.45) is 0 Å². The van der Waals surface area contributed by atoms with Crippen LogP contribution in [-0.4, -0.2) is 24.6 Å². The van der Waals surface area contributed by atoms with Gasteiger partial charge < -0.3 is 9.72 Å². The average molecular weight is 264 g/mol. The van der Waals surface area contributed by atoms with Gasteiger partial charge in [0.05, 0.1) is 24.6 Å². The summed E-state index contributed by atoms with van der Waals surface area (Å²) >= 11 is 0. The second kappa shape index (κ2) is 4.34. The van der Waals surface area contributed by atoms with Crippen molar-refractivity contribution in [3.05, 3.63) is 54.7 Å². The van der Waals surface area contributed by atoms with Gasteiger partial charge in [-0.3, -0.25) is 5.10 Å². The minimum Gasteiger partial charge on any atom is -0.378 e. The molecule has 4 rings (SSSR count). The molecule has 0 atom stereocenters. The summed E-state index contributed by atoms with van der Waals surface area (Å²) in [5.41, 5.74) is 3.86. The first-order valence-electron chi connectivity index (χ1n) is 6.34. The van der Waals surface area contributed by atoms with Crippen molar-refractivity contribution >= 4 is 22.4 Å². The van der Waals surface area contributed by atoms with Gasteiger partial charge in [-0.25, -0.2) is 9.97 Å². The van der Waals surface area contributed by atoms with Crippen molar-refractivity contribution in [2.75, 3.05) is 5.32 Å². The van der Waals surface area contributed by atoms with Crippen molar-refractivity contribution < 1.29 is 0 Å². The molecule has 0 aliphatic rings. The van der Waals surface area contributed by atoms with Crippen molar-refractivity contribution in [1.29, 1.82) is 0 Å². The number of pyridine rings is 2. The van der Waals surface area contributed by atoms with E-state index in [0.29, 0.717) is 6.54 Å². The lowest BCUT2D eigenvalue weighted by molar-refractivity contribution is 0.987. The maximum Gasteiger partial charge on any atom is 0.155 e. The van der Waals surface area contributed by atoms with E-state index in [1.54, 1.807) is 18.6 Å². The van der Waals surface area contributed by atoms with E-state index in [2.05, 4.69) is 35.9 Å². The lowest BCUT2D eigenvalue weighted by Crippen LogP contribution is -2.04. The molecule has 0 fully saturated rings. The van der Waals surface area contributed by atoms with Crippen molar-refractivity contribution in [3.8, 4) is 0 Å². The molecule has 20 heavy (non-hydrogen) atoms. The van der Waals surface area contributed by atoms with Crippen LogP contribution in [0.5, 0.6) is 0 Å². The average Bonchev–Trinajstić information content (AvgIpc) is 3.13. The SMILES string of the molecule is c1cc(CNc2cnc3[nH]ncc3c2)n2ccnc2c1. The molecule has 98 valence electrons. The molecule has 2 N–H and O–H groups in total. The van der Waals surface area contributed by atoms with Gasteiger partial charge in [0.15, 0.2) is 5.65 Å². The molecule has 0 unspecified atom stereocenters. The van der Waals surface area contributed by atoms with Gasteiger partial charge in [-0.05, 0) is 18.2 Å². The number of H-pyrrole nitrogens is 1. The fourth-order valence-electron chi connectivity index (χ4n) is 2.28. The lowest BCUT2D eigenvalue weighted by Gasteiger charge is -2.08. The van der Waals surface area contributed by atoms with Crippen LogP contribution >= 0.6 is 0 Å². The summed E-state index contributed by atoms with van der Waals surface area (Å²) in [5, 5.41) is 11.2. The first-order chi connectivity index (χ1) is 9.90. The molecule has 0 saturated carbocycles. The van der Waals surface area contributed by atoms with Crippen LogP contribution in [0, 0.1) is 0 Å². The van der Waals surface area contributed by atoms with Crippen LogP contribution < -0.4 is 5.32 Å². The minimum atomic E-state index is 0.707. The highest BCUT2D eigenvalue weighted by molar-refractivity contribution is 5.77. The van der Waals surface area contributed by atoms with E-state index in [4.69, 9.17) is 0 Å². The number of rotatable bonds is 3. The number of aromatic nitrogens is 5. The molecule has 0 saturated heterocycles. The highest BCUT2D eigenvalue weighted by Gasteiger charge is 2.02. The van der Waals surface area contributed by atoms with Gasteiger partial charge in [-0.15, -0.1) is 0 Å². The van der Waals surface area contributed by atoms with Crippen LogP contribution in [0.2, 0.25) is 0 Å². The highest BCUT2D eigenvalue weighted by Crippen LogP contribution is 2.15. The Morgan fingerprint density at radius 2 is 2.20 bits per heavy atom. The van der Waals surface area contributed by atoms with Gasteiger partial charge >= 0.3 is 0 Å². The molecule has 4 aromatic heterocycles. The summed E-state index contributed by atoms with van der Waals surface area (Å²) in [6.07, 6.45) is 7.33. The Bertz CT molecular complexity index is 875. The smallest absolute Gasteiger partial charge is 0.155 e. The standard InChI is InChI=1S/C14H12N6/c1-2-12(20-5-4-15-13(20)3-1)9-16-11-6-10-7-18-19-14(10)17-8-11/h1-8,16H,9H2,(H,17,18,19). The number of nitrogens with one attached hydrogen (secondary N) is 2. The Labute approximate surface area is 114 Å². The number of hydrogen-bond acceptors (Lipinski definition) is 4. The van der Waals surface area contributed by atoms with Gasteiger partial charge in [-0.2, -0.15) is 5.10 Å². The summed E-state index contributed by atoms with van der Waals surface area (Å²) in [5.74, 6) is 0. The lowest BCUT2D eigenvalue weighted by atomic mass is 10.3. The molecule has 0 aliphatic carbocycles. The molecule has 6 nitrogen and oxygen atoms in total. The van der Waals surface area contributed by atoms with Crippen molar-refractivity contribution in [2.45, 2.75) is 6.54 Å². The molecule has 4 aromatic rings. The normalized spacial score (nSPS) is 11.2. The van der Waals surface area contributed by atoms with Crippen molar-refractivity contribution in [1.82, 2.24) is 24.6 Å². The molecule has 0 amide bonds. The predicted molar refractivity (Wildman–Crippen MR) is 76.4 cm³/mol. The summed E-state index contributed by atoms with van der Waals surface area (Å²) in [4.78, 5) is 8.58. The third-order valence-corrected chi connectivity index (χ3v) is 3.28. The summed E-state index contributed by atoms with van der Waals surface area (Å²) in [6, 6.07) is 8.10. The minimum absolute atomic E-state index is 0.707. The zero-order valence-electron chi connectivity index (χ0n) is 10.6. The fourth-order valence-corrected chi connectivity index (χ4v) is 2.28. The first kappa shape index (κ1) is 11.0. The van der Waals surface area contributed by atoms with E-state index in [9.17, 15) is 0 Å². The van der Waals surface area contributed by atoms with Gasteiger partial charge in [0, 0.05) is 23.5 Å². The molecular weight excluding hydrogens is 252 g/mol. The summed E-state index contributed by atoms with van der Waals surface area (Å²) in [7, 11) is 0. The maximum absolute atomic E-state index is 4.31. The van der Waals surface area contributed by atoms with Crippen LogP contribution in [0.15, 0.2) is 49.1 Å². The molecule has 4 heterocycles. The maximum atomic E-state index is 4.31. The van der Waals surface area contributed by atoms with Crippen LogP contribution in [0.25, 0.3) is 16.7 Å².